The Morgan fingerprint density at radius 3 is 2.19 bits per heavy atom. The Bertz CT molecular complexity index is 1080. The first kappa shape index (κ1) is 24.5. The zero-order valence-corrected chi connectivity index (χ0v) is 21.0. The molecule has 0 bridgehead atoms. The lowest BCUT2D eigenvalue weighted by atomic mass is 9.77. The highest BCUT2D eigenvalue weighted by molar-refractivity contribution is 5.99. The summed E-state index contributed by atoms with van der Waals surface area (Å²) in [6.07, 6.45) is 7.25. The van der Waals surface area contributed by atoms with E-state index in [1.807, 2.05) is 58.3 Å². The number of amides is 3. The summed E-state index contributed by atoms with van der Waals surface area (Å²) < 4.78 is 0. The van der Waals surface area contributed by atoms with Gasteiger partial charge in [0, 0.05) is 43.7 Å². The van der Waals surface area contributed by atoms with Gasteiger partial charge >= 0.3 is 0 Å². The summed E-state index contributed by atoms with van der Waals surface area (Å²) in [7, 11) is 0. The molecule has 3 amide bonds. The van der Waals surface area contributed by atoms with Crippen LogP contribution in [0.2, 0.25) is 0 Å². The van der Waals surface area contributed by atoms with Crippen molar-refractivity contribution in [3.8, 4) is 0 Å². The zero-order chi connectivity index (χ0) is 24.9. The Hall–Kier alpha value is -3.15. The van der Waals surface area contributed by atoms with Gasteiger partial charge in [-0.25, -0.2) is 0 Å². The van der Waals surface area contributed by atoms with E-state index in [2.05, 4.69) is 11.4 Å². The maximum absolute atomic E-state index is 13.6. The number of hydrogen-bond donors (Lipinski definition) is 1. The van der Waals surface area contributed by atoms with Gasteiger partial charge in [0.1, 0.15) is 0 Å². The van der Waals surface area contributed by atoms with Gasteiger partial charge in [0.15, 0.2) is 0 Å². The van der Waals surface area contributed by atoms with Crippen molar-refractivity contribution in [1.29, 1.82) is 0 Å². The highest BCUT2D eigenvalue weighted by Gasteiger charge is 2.41. The number of nitrogens with one attached hydrogen (secondary N) is 1. The van der Waals surface area contributed by atoms with Crippen LogP contribution in [-0.4, -0.2) is 48.3 Å². The number of carbonyl (C=O) groups excluding carboxylic acids is 3. The van der Waals surface area contributed by atoms with Crippen molar-refractivity contribution in [2.45, 2.75) is 63.8 Å². The van der Waals surface area contributed by atoms with Crippen LogP contribution in [0.1, 0.15) is 56.1 Å². The average molecular weight is 488 g/mol. The Kier molecular flexibility index (Phi) is 7.69. The molecule has 1 aliphatic carbocycles. The third-order valence-corrected chi connectivity index (χ3v) is 8.21. The van der Waals surface area contributed by atoms with E-state index in [9.17, 15) is 14.4 Å². The fourth-order valence-electron chi connectivity index (χ4n) is 6.17. The standard InChI is InChI=1S/C30H37N3O3/c34-28(15-14-22-8-2-1-3-9-22)31-24-17-19-32(20-18-24)29(35)25-11-5-6-12-26(25)30(36)33-21-16-23-10-4-7-13-27(23)33/h1-4,7-10,13,24-26H,5-6,11-12,14-21H2,(H,31,34). The average Bonchev–Trinajstić information content (AvgIpc) is 3.36. The predicted octanol–water partition coefficient (Wildman–Crippen LogP) is 4.12. The molecule has 0 spiro atoms. The van der Waals surface area contributed by atoms with Gasteiger partial charge in [-0.2, -0.15) is 0 Å². The molecule has 2 unspecified atom stereocenters. The molecule has 2 aromatic carbocycles. The highest BCUT2D eigenvalue weighted by Crippen LogP contribution is 2.37. The quantitative estimate of drug-likeness (QED) is 0.666. The molecular weight excluding hydrogens is 450 g/mol. The van der Waals surface area contributed by atoms with Gasteiger partial charge in [-0.05, 0) is 55.7 Å². The molecule has 5 rings (SSSR count). The molecule has 2 heterocycles. The summed E-state index contributed by atoms with van der Waals surface area (Å²) in [5.41, 5.74) is 3.41. The first-order valence-corrected chi connectivity index (χ1v) is 13.6. The van der Waals surface area contributed by atoms with Gasteiger partial charge in [0.2, 0.25) is 17.7 Å². The number of nitrogens with zero attached hydrogens (tertiary/aromatic N) is 2. The maximum Gasteiger partial charge on any atom is 0.230 e. The third kappa shape index (κ3) is 5.48. The van der Waals surface area contributed by atoms with E-state index in [1.54, 1.807) is 0 Å². The normalized spacial score (nSPS) is 22.2. The molecule has 6 heteroatoms. The molecule has 0 radical (unpaired) electrons. The minimum atomic E-state index is -0.229. The van der Waals surface area contributed by atoms with Gasteiger partial charge in [0.25, 0.3) is 0 Å². The number of fused-ring (bicyclic) bond motifs is 1. The number of piperidine rings is 1. The molecule has 1 saturated carbocycles. The first-order valence-electron chi connectivity index (χ1n) is 13.6. The van der Waals surface area contributed by atoms with E-state index >= 15 is 0 Å². The lowest BCUT2D eigenvalue weighted by Crippen LogP contribution is -2.51. The van der Waals surface area contributed by atoms with E-state index < -0.39 is 0 Å². The molecule has 0 aromatic heterocycles. The van der Waals surface area contributed by atoms with E-state index in [4.69, 9.17) is 0 Å². The Balaban J connectivity index is 1.13. The Labute approximate surface area is 214 Å². The maximum atomic E-state index is 13.6. The van der Waals surface area contributed by atoms with Crippen LogP contribution >= 0.6 is 0 Å². The molecule has 3 aliphatic rings. The summed E-state index contributed by atoms with van der Waals surface area (Å²) in [5.74, 6) is -0.121. The van der Waals surface area contributed by atoms with Crippen molar-refractivity contribution < 1.29 is 14.4 Å². The SMILES string of the molecule is O=C(CCc1ccccc1)NC1CCN(C(=O)C2CCCCC2C(=O)N2CCc3ccccc32)CC1. The number of para-hydroxylation sites is 1. The van der Waals surface area contributed by atoms with Gasteiger partial charge in [-0.3, -0.25) is 14.4 Å². The second kappa shape index (κ2) is 11.3. The van der Waals surface area contributed by atoms with Crippen molar-refractivity contribution in [1.82, 2.24) is 10.2 Å². The van der Waals surface area contributed by atoms with Crippen LogP contribution in [0.15, 0.2) is 54.6 Å². The topological polar surface area (TPSA) is 69.7 Å². The predicted molar refractivity (Wildman–Crippen MR) is 140 cm³/mol. The molecule has 2 atom stereocenters. The second-order valence-electron chi connectivity index (χ2n) is 10.5. The Morgan fingerprint density at radius 2 is 1.44 bits per heavy atom. The number of hydrogen-bond acceptors (Lipinski definition) is 3. The smallest absolute Gasteiger partial charge is 0.230 e. The summed E-state index contributed by atoms with van der Waals surface area (Å²) in [5, 5.41) is 3.16. The molecule has 2 aromatic rings. The summed E-state index contributed by atoms with van der Waals surface area (Å²) in [6, 6.07) is 18.3. The van der Waals surface area contributed by atoms with Crippen LogP contribution in [0.5, 0.6) is 0 Å². The van der Waals surface area contributed by atoms with Gasteiger partial charge in [-0.1, -0.05) is 61.4 Å². The largest absolute Gasteiger partial charge is 0.353 e. The molecule has 1 saturated heterocycles. The molecule has 1 N–H and O–H groups in total. The summed E-state index contributed by atoms with van der Waals surface area (Å²) >= 11 is 0. The monoisotopic (exact) mass is 487 g/mol. The number of rotatable bonds is 6. The molecule has 6 nitrogen and oxygen atoms in total. The second-order valence-corrected chi connectivity index (χ2v) is 10.5. The summed E-state index contributed by atoms with van der Waals surface area (Å²) in [4.78, 5) is 43.5. The van der Waals surface area contributed by atoms with E-state index in [0.29, 0.717) is 26.1 Å². The number of benzene rings is 2. The van der Waals surface area contributed by atoms with Crippen molar-refractivity contribution in [2.75, 3.05) is 24.5 Å². The van der Waals surface area contributed by atoms with E-state index in [-0.39, 0.29) is 35.6 Å². The fourth-order valence-corrected chi connectivity index (χ4v) is 6.17. The first-order chi connectivity index (χ1) is 17.6. The zero-order valence-electron chi connectivity index (χ0n) is 21.0. The number of anilines is 1. The minimum absolute atomic E-state index is 0.0764. The fraction of sp³-hybridized carbons (Fsp3) is 0.500. The van der Waals surface area contributed by atoms with Crippen LogP contribution in [0.25, 0.3) is 0 Å². The van der Waals surface area contributed by atoms with Crippen molar-refractivity contribution in [3.63, 3.8) is 0 Å². The molecule has 2 aliphatic heterocycles. The lowest BCUT2D eigenvalue weighted by molar-refractivity contribution is -0.143. The van der Waals surface area contributed by atoms with Crippen LogP contribution < -0.4 is 10.2 Å². The molecule has 2 fully saturated rings. The summed E-state index contributed by atoms with van der Waals surface area (Å²) in [6.45, 7) is 2.00. The van der Waals surface area contributed by atoms with Crippen LogP contribution in [0.4, 0.5) is 5.69 Å². The van der Waals surface area contributed by atoms with Gasteiger partial charge in [-0.15, -0.1) is 0 Å². The van der Waals surface area contributed by atoms with E-state index in [1.165, 1.54) is 11.1 Å². The Morgan fingerprint density at radius 1 is 0.778 bits per heavy atom. The van der Waals surface area contributed by atoms with Crippen molar-refractivity contribution in [3.05, 3.63) is 65.7 Å². The van der Waals surface area contributed by atoms with Crippen LogP contribution in [0.3, 0.4) is 0 Å². The highest BCUT2D eigenvalue weighted by atomic mass is 16.2. The van der Waals surface area contributed by atoms with Crippen molar-refractivity contribution in [2.24, 2.45) is 11.8 Å². The van der Waals surface area contributed by atoms with Gasteiger partial charge < -0.3 is 15.1 Å². The van der Waals surface area contributed by atoms with Gasteiger partial charge in [0.05, 0.1) is 5.92 Å². The molecule has 36 heavy (non-hydrogen) atoms. The molecular formula is C30H37N3O3. The van der Waals surface area contributed by atoms with Crippen LogP contribution in [-0.2, 0) is 27.2 Å². The lowest BCUT2D eigenvalue weighted by Gasteiger charge is -2.38. The van der Waals surface area contributed by atoms with Crippen molar-refractivity contribution >= 4 is 23.4 Å². The number of aryl methyl sites for hydroxylation is 1. The van der Waals surface area contributed by atoms with E-state index in [0.717, 1.165) is 57.1 Å². The van der Waals surface area contributed by atoms with Crippen LogP contribution in [0, 0.1) is 11.8 Å². The third-order valence-electron chi connectivity index (χ3n) is 8.21. The number of likely N-dealkylation sites (tertiary alicyclic amines) is 1. The number of carbonyl (C=O) groups is 3. The minimum Gasteiger partial charge on any atom is -0.353 e. The molecule has 190 valence electrons.